The van der Waals surface area contributed by atoms with E-state index in [9.17, 15) is 13.9 Å². The van der Waals surface area contributed by atoms with E-state index in [1.807, 2.05) is 12.1 Å². The molecule has 3 heteroatoms. The van der Waals surface area contributed by atoms with Gasteiger partial charge in [0, 0.05) is 6.07 Å². The molecule has 2 aromatic carbocycles. The first kappa shape index (κ1) is 14.2. The molecule has 2 aromatic rings. The van der Waals surface area contributed by atoms with Crippen molar-refractivity contribution in [2.75, 3.05) is 0 Å². The SMILES string of the molecule is OC(Cc1cc(F)cc(F)c1)C1CCc2ccccc2C1. The second-order valence-corrected chi connectivity index (χ2v) is 5.82. The molecule has 1 N–H and O–H groups in total. The molecule has 0 aliphatic heterocycles. The number of aliphatic hydroxyl groups is 1. The predicted molar refractivity (Wildman–Crippen MR) is 78.0 cm³/mol. The number of benzene rings is 2. The Kier molecular flexibility index (Phi) is 4.02. The van der Waals surface area contributed by atoms with Gasteiger partial charge in [-0.25, -0.2) is 8.78 Å². The van der Waals surface area contributed by atoms with Gasteiger partial charge in [-0.1, -0.05) is 24.3 Å². The molecule has 0 aromatic heterocycles. The quantitative estimate of drug-likeness (QED) is 0.913. The largest absolute Gasteiger partial charge is 0.392 e. The number of hydrogen-bond acceptors (Lipinski definition) is 1. The van der Waals surface area contributed by atoms with E-state index in [-0.39, 0.29) is 5.92 Å². The molecule has 1 aliphatic carbocycles. The van der Waals surface area contributed by atoms with E-state index in [0.29, 0.717) is 12.0 Å². The maximum atomic E-state index is 13.2. The van der Waals surface area contributed by atoms with Crippen LogP contribution >= 0.6 is 0 Å². The molecule has 0 fully saturated rings. The Bertz CT molecular complexity index is 619. The molecule has 0 saturated heterocycles. The Morgan fingerprint density at radius 2 is 1.71 bits per heavy atom. The zero-order valence-corrected chi connectivity index (χ0v) is 11.7. The van der Waals surface area contributed by atoms with Gasteiger partial charge in [0.05, 0.1) is 6.10 Å². The highest BCUT2D eigenvalue weighted by molar-refractivity contribution is 5.30. The van der Waals surface area contributed by atoms with Gasteiger partial charge in [0.25, 0.3) is 0 Å². The van der Waals surface area contributed by atoms with Gasteiger partial charge >= 0.3 is 0 Å². The monoisotopic (exact) mass is 288 g/mol. The molecule has 21 heavy (non-hydrogen) atoms. The van der Waals surface area contributed by atoms with E-state index in [1.54, 1.807) is 0 Å². The lowest BCUT2D eigenvalue weighted by Crippen LogP contribution is -2.28. The Labute approximate surface area is 123 Å². The fourth-order valence-corrected chi connectivity index (χ4v) is 3.19. The van der Waals surface area contributed by atoms with E-state index < -0.39 is 17.7 Å². The van der Waals surface area contributed by atoms with Gasteiger partial charge in [-0.3, -0.25) is 0 Å². The summed E-state index contributed by atoms with van der Waals surface area (Å²) in [6, 6.07) is 11.7. The first-order valence-electron chi connectivity index (χ1n) is 7.31. The lowest BCUT2D eigenvalue weighted by atomic mass is 9.79. The zero-order valence-electron chi connectivity index (χ0n) is 11.7. The van der Waals surface area contributed by atoms with Crippen LogP contribution in [0.4, 0.5) is 8.78 Å². The van der Waals surface area contributed by atoms with Crippen LogP contribution < -0.4 is 0 Å². The van der Waals surface area contributed by atoms with Gasteiger partial charge in [0.1, 0.15) is 11.6 Å². The van der Waals surface area contributed by atoms with Gasteiger partial charge < -0.3 is 5.11 Å². The number of aryl methyl sites for hydroxylation is 1. The Balaban J connectivity index is 1.70. The molecule has 2 unspecified atom stereocenters. The molecule has 0 radical (unpaired) electrons. The molecule has 2 atom stereocenters. The summed E-state index contributed by atoms with van der Waals surface area (Å²) in [5.74, 6) is -1.04. The topological polar surface area (TPSA) is 20.2 Å². The number of halogens is 2. The van der Waals surface area contributed by atoms with E-state index >= 15 is 0 Å². The van der Waals surface area contributed by atoms with Crippen molar-refractivity contribution in [2.24, 2.45) is 5.92 Å². The van der Waals surface area contributed by atoms with Crippen molar-refractivity contribution in [3.05, 3.63) is 70.8 Å². The molecular weight excluding hydrogens is 270 g/mol. The summed E-state index contributed by atoms with van der Waals surface area (Å²) in [6.45, 7) is 0. The molecule has 0 spiro atoms. The van der Waals surface area contributed by atoms with Crippen LogP contribution in [0.3, 0.4) is 0 Å². The highest BCUT2D eigenvalue weighted by Gasteiger charge is 2.25. The van der Waals surface area contributed by atoms with Gasteiger partial charge in [-0.05, 0) is 60.4 Å². The molecule has 0 bridgehead atoms. The van der Waals surface area contributed by atoms with Crippen LogP contribution in [0.2, 0.25) is 0 Å². The Morgan fingerprint density at radius 3 is 2.43 bits per heavy atom. The second-order valence-electron chi connectivity index (χ2n) is 5.82. The highest BCUT2D eigenvalue weighted by atomic mass is 19.1. The van der Waals surface area contributed by atoms with Crippen LogP contribution in [-0.4, -0.2) is 11.2 Å². The summed E-state index contributed by atoms with van der Waals surface area (Å²) in [5, 5.41) is 10.4. The maximum absolute atomic E-state index is 13.2. The molecular formula is C18H18F2O. The average Bonchev–Trinajstić information content (AvgIpc) is 2.45. The molecule has 1 nitrogen and oxygen atoms in total. The van der Waals surface area contributed by atoms with Crippen molar-refractivity contribution >= 4 is 0 Å². The summed E-state index contributed by atoms with van der Waals surface area (Å²) < 4.78 is 26.4. The van der Waals surface area contributed by atoms with Crippen molar-refractivity contribution in [1.29, 1.82) is 0 Å². The Morgan fingerprint density at radius 1 is 1.05 bits per heavy atom. The molecule has 110 valence electrons. The number of rotatable bonds is 3. The van der Waals surface area contributed by atoms with Crippen molar-refractivity contribution in [3.63, 3.8) is 0 Å². The van der Waals surface area contributed by atoms with Crippen molar-refractivity contribution in [2.45, 2.75) is 31.8 Å². The van der Waals surface area contributed by atoms with E-state index in [4.69, 9.17) is 0 Å². The maximum Gasteiger partial charge on any atom is 0.126 e. The number of aliphatic hydroxyl groups excluding tert-OH is 1. The van der Waals surface area contributed by atoms with E-state index in [2.05, 4.69) is 12.1 Å². The summed E-state index contributed by atoms with van der Waals surface area (Å²) >= 11 is 0. The van der Waals surface area contributed by atoms with Gasteiger partial charge in [0.2, 0.25) is 0 Å². The predicted octanol–water partition coefficient (Wildman–Crippen LogP) is 3.67. The normalized spacial score (nSPS) is 19.1. The molecule has 0 saturated carbocycles. The van der Waals surface area contributed by atoms with Crippen LogP contribution in [0.1, 0.15) is 23.1 Å². The molecule has 3 rings (SSSR count). The lowest BCUT2D eigenvalue weighted by Gasteiger charge is -2.28. The summed E-state index contributed by atoms with van der Waals surface area (Å²) in [5.41, 5.74) is 3.13. The highest BCUT2D eigenvalue weighted by Crippen LogP contribution is 2.28. The number of hydrogen-bond donors (Lipinski definition) is 1. The fraction of sp³-hybridized carbons (Fsp3) is 0.333. The lowest BCUT2D eigenvalue weighted by molar-refractivity contribution is 0.0992. The third-order valence-corrected chi connectivity index (χ3v) is 4.30. The minimum absolute atomic E-state index is 0.145. The Hall–Kier alpha value is -1.74. The van der Waals surface area contributed by atoms with E-state index in [0.717, 1.165) is 25.3 Å². The minimum atomic E-state index is -0.591. The van der Waals surface area contributed by atoms with Crippen LogP contribution in [0.15, 0.2) is 42.5 Å². The van der Waals surface area contributed by atoms with Gasteiger partial charge in [-0.15, -0.1) is 0 Å². The minimum Gasteiger partial charge on any atom is -0.392 e. The van der Waals surface area contributed by atoms with Crippen LogP contribution in [0.25, 0.3) is 0 Å². The molecule has 0 heterocycles. The third kappa shape index (κ3) is 3.30. The zero-order chi connectivity index (χ0) is 14.8. The summed E-state index contributed by atoms with van der Waals surface area (Å²) in [4.78, 5) is 0. The van der Waals surface area contributed by atoms with Crippen molar-refractivity contribution < 1.29 is 13.9 Å². The van der Waals surface area contributed by atoms with Crippen LogP contribution in [0.5, 0.6) is 0 Å². The van der Waals surface area contributed by atoms with Crippen LogP contribution in [-0.2, 0) is 19.3 Å². The van der Waals surface area contributed by atoms with Gasteiger partial charge in [-0.2, -0.15) is 0 Å². The number of fused-ring (bicyclic) bond motifs is 1. The van der Waals surface area contributed by atoms with Gasteiger partial charge in [0.15, 0.2) is 0 Å². The standard InChI is InChI=1S/C18H18F2O/c19-16-7-12(8-17(20)11-16)9-18(21)15-6-5-13-3-1-2-4-14(13)10-15/h1-4,7-8,11,15,18,21H,5-6,9-10H2. The van der Waals surface area contributed by atoms with Crippen molar-refractivity contribution in [3.8, 4) is 0 Å². The fourth-order valence-electron chi connectivity index (χ4n) is 3.19. The second kappa shape index (κ2) is 5.94. The first-order valence-corrected chi connectivity index (χ1v) is 7.31. The summed E-state index contributed by atoms with van der Waals surface area (Å²) in [7, 11) is 0. The average molecular weight is 288 g/mol. The van der Waals surface area contributed by atoms with Crippen LogP contribution in [0, 0.1) is 17.6 Å². The smallest absolute Gasteiger partial charge is 0.126 e. The summed E-state index contributed by atoms with van der Waals surface area (Å²) in [6.07, 6.45) is 2.42. The first-order chi connectivity index (χ1) is 10.1. The third-order valence-electron chi connectivity index (χ3n) is 4.30. The molecule has 1 aliphatic rings. The molecule has 0 amide bonds. The van der Waals surface area contributed by atoms with E-state index in [1.165, 1.54) is 23.3 Å². The van der Waals surface area contributed by atoms with Crippen molar-refractivity contribution in [1.82, 2.24) is 0 Å².